The highest BCUT2D eigenvalue weighted by molar-refractivity contribution is 5.71. The molecule has 16 heavy (non-hydrogen) atoms. The number of nitrogens with zero attached hydrogens (tertiary/aromatic N) is 1. The normalized spacial score (nSPS) is 34.4. The summed E-state index contributed by atoms with van der Waals surface area (Å²) in [4.78, 5) is 13.1. The van der Waals surface area contributed by atoms with Gasteiger partial charge in [0.2, 0.25) is 0 Å². The Kier molecular flexibility index (Phi) is 2.44. The Hall–Kier alpha value is -0.610. The molecule has 2 heterocycles. The predicted molar refractivity (Wildman–Crippen MR) is 58.3 cm³/mol. The monoisotopic (exact) mass is 225 g/mol. The molecule has 0 aromatic rings. The molecule has 2 saturated heterocycles. The fourth-order valence-electron chi connectivity index (χ4n) is 3.62. The first-order valence-corrected chi connectivity index (χ1v) is 6.32. The van der Waals surface area contributed by atoms with Gasteiger partial charge < -0.3 is 9.84 Å². The topological polar surface area (TPSA) is 49.8 Å². The predicted octanol–water partition coefficient (Wildman–Crippen LogP) is 1.10. The quantitative estimate of drug-likeness (QED) is 0.764. The first-order valence-electron chi connectivity index (χ1n) is 6.32. The number of hydrogen-bond donors (Lipinski definition) is 1. The molecule has 0 bridgehead atoms. The second kappa shape index (κ2) is 3.70. The Morgan fingerprint density at radius 1 is 1.31 bits per heavy atom. The zero-order valence-electron chi connectivity index (χ0n) is 9.52. The zero-order chi connectivity index (χ0) is 11.2. The number of carbonyl (C=O) groups is 1. The average molecular weight is 225 g/mol. The van der Waals surface area contributed by atoms with Gasteiger partial charge in [-0.2, -0.15) is 0 Å². The molecule has 4 nitrogen and oxygen atoms in total. The van der Waals surface area contributed by atoms with Gasteiger partial charge >= 0.3 is 5.97 Å². The van der Waals surface area contributed by atoms with Gasteiger partial charge in [-0.25, -0.2) is 0 Å². The molecule has 0 amide bonds. The minimum Gasteiger partial charge on any atom is -0.481 e. The molecule has 3 fully saturated rings. The van der Waals surface area contributed by atoms with E-state index in [4.69, 9.17) is 9.84 Å². The molecule has 1 unspecified atom stereocenters. The van der Waals surface area contributed by atoms with Crippen molar-refractivity contribution in [1.82, 2.24) is 4.90 Å². The zero-order valence-corrected chi connectivity index (χ0v) is 9.52. The van der Waals surface area contributed by atoms with E-state index in [0.29, 0.717) is 6.04 Å². The molecule has 1 aliphatic carbocycles. The van der Waals surface area contributed by atoms with E-state index in [1.165, 1.54) is 25.7 Å². The van der Waals surface area contributed by atoms with Crippen molar-refractivity contribution in [3.05, 3.63) is 0 Å². The van der Waals surface area contributed by atoms with Gasteiger partial charge in [0, 0.05) is 25.7 Å². The summed E-state index contributed by atoms with van der Waals surface area (Å²) < 4.78 is 5.98. The minimum absolute atomic E-state index is 0.0868. The molecule has 0 radical (unpaired) electrons. The van der Waals surface area contributed by atoms with Crippen molar-refractivity contribution in [3.8, 4) is 0 Å². The number of carboxylic acids is 1. The Morgan fingerprint density at radius 3 is 2.62 bits per heavy atom. The number of rotatable bonds is 2. The van der Waals surface area contributed by atoms with E-state index in [9.17, 15) is 4.79 Å². The summed E-state index contributed by atoms with van der Waals surface area (Å²) in [6, 6.07) is 0.491. The summed E-state index contributed by atoms with van der Waals surface area (Å²) in [6.45, 7) is 2.31. The van der Waals surface area contributed by atoms with Gasteiger partial charge in [-0.15, -0.1) is 0 Å². The van der Waals surface area contributed by atoms with Crippen LogP contribution in [0, 0.1) is 5.92 Å². The maximum absolute atomic E-state index is 10.8. The lowest BCUT2D eigenvalue weighted by atomic mass is 9.86. The summed E-state index contributed by atoms with van der Waals surface area (Å²) >= 11 is 0. The third-order valence-corrected chi connectivity index (χ3v) is 4.54. The van der Waals surface area contributed by atoms with Crippen LogP contribution < -0.4 is 0 Å². The number of ether oxygens (including phenoxy) is 1. The lowest BCUT2D eigenvalue weighted by molar-refractivity contribution is -0.151. The standard InChI is InChI=1S/C12H19NO3/c14-11(15)9-7-13(8-9)10-3-6-16-12(10)4-1-2-5-12/h9-10H,1-8H2,(H,14,15). The Balaban J connectivity index is 1.65. The van der Waals surface area contributed by atoms with Crippen LogP contribution in [0.4, 0.5) is 0 Å². The van der Waals surface area contributed by atoms with Crippen molar-refractivity contribution < 1.29 is 14.6 Å². The fourth-order valence-corrected chi connectivity index (χ4v) is 3.62. The SMILES string of the molecule is O=C(O)C1CN(C2CCOC23CCCC3)C1. The van der Waals surface area contributed by atoms with Gasteiger partial charge in [0.05, 0.1) is 11.5 Å². The van der Waals surface area contributed by atoms with Crippen LogP contribution in [-0.4, -0.2) is 47.3 Å². The summed E-state index contributed by atoms with van der Waals surface area (Å²) in [5, 5.41) is 8.89. The molecule has 1 atom stereocenters. The smallest absolute Gasteiger partial charge is 0.309 e. The molecule has 1 N–H and O–H groups in total. The molecule has 1 saturated carbocycles. The van der Waals surface area contributed by atoms with Crippen LogP contribution in [0.5, 0.6) is 0 Å². The van der Waals surface area contributed by atoms with Crippen LogP contribution in [0.15, 0.2) is 0 Å². The largest absolute Gasteiger partial charge is 0.481 e. The highest BCUT2D eigenvalue weighted by atomic mass is 16.5. The first kappa shape index (κ1) is 10.5. The summed E-state index contributed by atoms with van der Waals surface area (Å²) in [5.74, 6) is -0.783. The molecular weight excluding hydrogens is 206 g/mol. The van der Waals surface area contributed by atoms with Gasteiger partial charge in [-0.3, -0.25) is 9.69 Å². The van der Waals surface area contributed by atoms with Gasteiger partial charge in [0.25, 0.3) is 0 Å². The van der Waals surface area contributed by atoms with Crippen molar-refractivity contribution in [3.63, 3.8) is 0 Å². The summed E-state index contributed by atoms with van der Waals surface area (Å²) in [6.07, 6.45) is 5.98. The van der Waals surface area contributed by atoms with E-state index in [1.807, 2.05) is 0 Å². The van der Waals surface area contributed by atoms with Gasteiger partial charge in [0.1, 0.15) is 0 Å². The van der Waals surface area contributed by atoms with Crippen molar-refractivity contribution in [1.29, 1.82) is 0 Å². The number of aliphatic carboxylic acids is 1. The average Bonchev–Trinajstić information content (AvgIpc) is 2.76. The van der Waals surface area contributed by atoms with E-state index in [1.54, 1.807) is 0 Å². The van der Waals surface area contributed by atoms with Crippen molar-refractivity contribution >= 4 is 5.97 Å². The lowest BCUT2D eigenvalue weighted by Gasteiger charge is -2.46. The second-order valence-corrected chi connectivity index (χ2v) is 5.41. The molecule has 2 aliphatic heterocycles. The van der Waals surface area contributed by atoms with Crippen LogP contribution in [0.25, 0.3) is 0 Å². The van der Waals surface area contributed by atoms with Crippen LogP contribution in [0.1, 0.15) is 32.1 Å². The van der Waals surface area contributed by atoms with Crippen LogP contribution in [-0.2, 0) is 9.53 Å². The lowest BCUT2D eigenvalue weighted by Crippen LogP contribution is -2.60. The molecule has 3 aliphatic rings. The number of likely N-dealkylation sites (tertiary alicyclic amines) is 1. The summed E-state index contributed by atoms with van der Waals surface area (Å²) in [7, 11) is 0. The number of hydrogen-bond acceptors (Lipinski definition) is 3. The maximum atomic E-state index is 10.8. The Bertz CT molecular complexity index is 287. The first-order chi connectivity index (χ1) is 7.71. The van der Waals surface area contributed by atoms with Crippen LogP contribution in [0.2, 0.25) is 0 Å². The van der Waals surface area contributed by atoms with Crippen molar-refractivity contribution in [2.45, 2.75) is 43.7 Å². The molecule has 4 heteroatoms. The fraction of sp³-hybridized carbons (Fsp3) is 0.917. The maximum Gasteiger partial charge on any atom is 0.309 e. The molecule has 3 rings (SSSR count). The highest BCUT2D eigenvalue weighted by Crippen LogP contribution is 2.44. The second-order valence-electron chi connectivity index (χ2n) is 5.41. The molecule has 1 spiro atoms. The van der Waals surface area contributed by atoms with Crippen molar-refractivity contribution in [2.24, 2.45) is 5.92 Å². The number of carboxylic acid groups (broad SMARTS) is 1. The van der Waals surface area contributed by atoms with E-state index >= 15 is 0 Å². The highest BCUT2D eigenvalue weighted by Gasteiger charge is 2.51. The van der Waals surface area contributed by atoms with Gasteiger partial charge in [-0.1, -0.05) is 12.8 Å². The Labute approximate surface area is 95.6 Å². The van der Waals surface area contributed by atoms with Crippen LogP contribution in [0.3, 0.4) is 0 Å². The van der Waals surface area contributed by atoms with E-state index in [-0.39, 0.29) is 11.5 Å². The van der Waals surface area contributed by atoms with E-state index < -0.39 is 5.97 Å². The Morgan fingerprint density at radius 2 is 2.00 bits per heavy atom. The molecule has 90 valence electrons. The molecule has 0 aromatic heterocycles. The van der Waals surface area contributed by atoms with Crippen molar-refractivity contribution in [2.75, 3.05) is 19.7 Å². The molecular formula is C12H19NO3. The molecule has 0 aromatic carbocycles. The third kappa shape index (κ3) is 1.47. The third-order valence-electron chi connectivity index (χ3n) is 4.54. The van der Waals surface area contributed by atoms with E-state index in [2.05, 4.69) is 4.90 Å². The van der Waals surface area contributed by atoms with Crippen LogP contribution >= 0.6 is 0 Å². The van der Waals surface area contributed by atoms with E-state index in [0.717, 1.165) is 26.1 Å². The van der Waals surface area contributed by atoms with Gasteiger partial charge in [-0.05, 0) is 19.3 Å². The minimum atomic E-state index is -0.643. The summed E-state index contributed by atoms with van der Waals surface area (Å²) in [5.41, 5.74) is 0.0868. The van der Waals surface area contributed by atoms with Gasteiger partial charge in [0.15, 0.2) is 0 Å².